The Balaban J connectivity index is 2.49. The molecule has 0 aromatic rings. The molecule has 0 aliphatic carbocycles. The van der Waals surface area contributed by atoms with Crippen LogP contribution in [0, 0.1) is 12.3 Å². The normalized spacial score (nSPS) is 22.0. The first-order valence-corrected chi connectivity index (χ1v) is 5.32. The van der Waals surface area contributed by atoms with E-state index in [1.54, 1.807) is 0 Å². The molecule has 1 N–H and O–H groups in total. The SMILES string of the molecule is C#CCCN1CCOCC1C(=O)NCC. The molecule has 1 rings (SSSR count). The Morgan fingerprint density at radius 3 is 3.20 bits per heavy atom. The average Bonchev–Trinajstić information content (AvgIpc) is 2.27. The third-order valence-electron chi connectivity index (χ3n) is 2.44. The van der Waals surface area contributed by atoms with E-state index in [9.17, 15) is 4.79 Å². The van der Waals surface area contributed by atoms with E-state index in [4.69, 9.17) is 11.2 Å². The molecule has 84 valence electrons. The zero-order valence-corrected chi connectivity index (χ0v) is 9.16. The lowest BCUT2D eigenvalue weighted by Crippen LogP contribution is -2.53. The molecule has 4 nitrogen and oxygen atoms in total. The number of carbonyl (C=O) groups excluding carboxylic acids is 1. The fourth-order valence-corrected chi connectivity index (χ4v) is 1.65. The molecular formula is C11H18N2O2. The monoisotopic (exact) mass is 210 g/mol. The van der Waals surface area contributed by atoms with Crippen molar-refractivity contribution in [1.29, 1.82) is 0 Å². The summed E-state index contributed by atoms with van der Waals surface area (Å²) in [7, 11) is 0. The van der Waals surface area contributed by atoms with Crippen molar-refractivity contribution < 1.29 is 9.53 Å². The second-order valence-corrected chi connectivity index (χ2v) is 3.48. The molecule has 0 bridgehead atoms. The van der Waals surface area contributed by atoms with Gasteiger partial charge in [0.25, 0.3) is 0 Å². The fraction of sp³-hybridized carbons (Fsp3) is 0.727. The van der Waals surface area contributed by atoms with E-state index in [-0.39, 0.29) is 11.9 Å². The summed E-state index contributed by atoms with van der Waals surface area (Å²) < 4.78 is 5.31. The van der Waals surface area contributed by atoms with Gasteiger partial charge in [-0.1, -0.05) is 0 Å². The number of rotatable bonds is 4. The van der Waals surface area contributed by atoms with Gasteiger partial charge in [-0.3, -0.25) is 9.69 Å². The Hall–Kier alpha value is -1.05. The van der Waals surface area contributed by atoms with Crippen molar-refractivity contribution in [3.8, 4) is 12.3 Å². The summed E-state index contributed by atoms with van der Waals surface area (Å²) in [5, 5.41) is 2.81. The number of terminal acetylenes is 1. The van der Waals surface area contributed by atoms with Gasteiger partial charge in [0.2, 0.25) is 5.91 Å². The predicted octanol–water partition coefficient (Wildman–Crippen LogP) is -0.153. The molecule has 1 amide bonds. The molecule has 1 unspecified atom stereocenters. The van der Waals surface area contributed by atoms with E-state index in [0.29, 0.717) is 26.2 Å². The maximum Gasteiger partial charge on any atom is 0.239 e. The summed E-state index contributed by atoms with van der Waals surface area (Å²) in [5.41, 5.74) is 0. The standard InChI is InChI=1S/C11H18N2O2/c1-3-5-6-13-7-8-15-9-10(13)11(14)12-4-2/h1,10H,4-9H2,2H3,(H,12,14). The first kappa shape index (κ1) is 12.0. The molecule has 1 atom stereocenters. The van der Waals surface area contributed by atoms with Gasteiger partial charge in [0.15, 0.2) is 0 Å². The van der Waals surface area contributed by atoms with Crippen LogP contribution in [0.2, 0.25) is 0 Å². The van der Waals surface area contributed by atoms with Crippen LogP contribution in [0.25, 0.3) is 0 Å². The van der Waals surface area contributed by atoms with Crippen molar-refractivity contribution in [2.45, 2.75) is 19.4 Å². The Morgan fingerprint density at radius 2 is 2.53 bits per heavy atom. The molecule has 4 heteroatoms. The van der Waals surface area contributed by atoms with E-state index in [2.05, 4.69) is 16.1 Å². The summed E-state index contributed by atoms with van der Waals surface area (Å²) in [6.07, 6.45) is 5.89. The molecule has 1 aliphatic rings. The summed E-state index contributed by atoms with van der Waals surface area (Å²) in [6.45, 7) is 5.26. The molecule has 15 heavy (non-hydrogen) atoms. The smallest absolute Gasteiger partial charge is 0.239 e. The van der Waals surface area contributed by atoms with E-state index < -0.39 is 0 Å². The van der Waals surface area contributed by atoms with Crippen molar-refractivity contribution in [3.63, 3.8) is 0 Å². The molecule has 0 spiro atoms. The van der Waals surface area contributed by atoms with Gasteiger partial charge in [-0.05, 0) is 6.92 Å². The Kier molecular flexibility index (Phi) is 5.16. The number of morpholine rings is 1. The lowest BCUT2D eigenvalue weighted by Gasteiger charge is -2.33. The van der Waals surface area contributed by atoms with Gasteiger partial charge in [0.05, 0.1) is 13.2 Å². The molecule has 0 radical (unpaired) electrons. The van der Waals surface area contributed by atoms with Crippen LogP contribution < -0.4 is 5.32 Å². The van der Waals surface area contributed by atoms with E-state index in [0.717, 1.165) is 13.1 Å². The highest BCUT2D eigenvalue weighted by molar-refractivity contribution is 5.81. The molecular weight excluding hydrogens is 192 g/mol. The quantitative estimate of drug-likeness (QED) is 0.656. The van der Waals surface area contributed by atoms with Crippen molar-refractivity contribution in [1.82, 2.24) is 10.2 Å². The summed E-state index contributed by atoms with van der Waals surface area (Å²) in [6, 6.07) is -0.174. The Labute approximate surface area is 91.0 Å². The van der Waals surface area contributed by atoms with Crippen LogP contribution in [0.4, 0.5) is 0 Å². The van der Waals surface area contributed by atoms with Crippen LogP contribution in [-0.2, 0) is 9.53 Å². The minimum Gasteiger partial charge on any atom is -0.378 e. The van der Waals surface area contributed by atoms with Crippen molar-refractivity contribution in [3.05, 3.63) is 0 Å². The van der Waals surface area contributed by atoms with Gasteiger partial charge in [-0.15, -0.1) is 12.3 Å². The number of amides is 1. The maximum absolute atomic E-state index is 11.7. The van der Waals surface area contributed by atoms with Gasteiger partial charge in [0.1, 0.15) is 6.04 Å². The van der Waals surface area contributed by atoms with Crippen LogP contribution in [0.1, 0.15) is 13.3 Å². The Morgan fingerprint density at radius 1 is 1.73 bits per heavy atom. The van der Waals surface area contributed by atoms with Gasteiger partial charge in [0, 0.05) is 26.1 Å². The molecule has 0 aromatic carbocycles. The van der Waals surface area contributed by atoms with Crippen LogP contribution in [0.5, 0.6) is 0 Å². The minimum absolute atomic E-state index is 0.0363. The van der Waals surface area contributed by atoms with E-state index in [1.807, 2.05) is 6.92 Å². The first-order chi connectivity index (χ1) is 7.29. The van der Waals surface area contributed by atoms with Crippen LogP contribution in [0.3, 0.4) is 0 Å². The number of carbonyl (C=O) groups is 1. The topological polar surface area (TPSA) is 41.6 Å². The third kappa shape index (κ3) is 3.54. The van der Waals surface area contributed by atoms with Gasteiger partial charge >= 0.3 is 0 Å². The average molecular weight is 210 g/mol. The number of likely N-dealkylation sites (N-methyl/N-ethyl adjacent to an activating group) is 1. The van der Waals surface area contributed by atoms with Gasteiger partial charge in [-0.2, -0.15) is 0 Å². The summed E-state index contributed by atoms with van der Waals surface area (Å²) in [5.74, 6) is 2.63. The molecule has 0 aromatic heterocycles. The number of hydrogen-bond acceptors (Lipinski definition) is 3. The number of nitrogens with one attached hydrogen (secondary N) is 1. The molecule has 1 fully saturated rings. The maximum atomic E-state index is 11.7. The predicted molar refractivity (Wildman–Crippen MR) is 58.3 cm³/mol. The van der Waals surface area contributed by atoms with Crippen molar-refractivity contribution in [2.24, 2.45) is 0 Å². The first-order valence-electron chi connectivity index (χ1n) is 5.32. The van der Waals surface area contributed by atoms with Crippen LogP contribution in [0.15, 0.2) is 0 Å². The zero-order valence-electron chi connectivity index (χ0n) is 9.16. The highest BCUT2D eigenvalue weighted by Crippen LogP contribution is 2.07. The largest absolute Gasteiger partial charge is 0.378 e. The second kappa shape index (κ2) is 6.44. The highest BCUT2D eigenvalue weighted by Gasteiger charge is 2.28. The van der Waals surface area contributed by atoms with Gasteiger partial charge < -0.3 is 10.1 Å². The lowest BCUT2D eigenvalue weighted by molar-refractivity contribution is -0.132. The molecule has 0 saturated carbocycles. The van der Waals surface area contributed by atoms with Gasteiger partial charge in [-0.25, -0.2) is 0 Å². The van der Waals surface area contributed by atoms with E-state index in [1.165, 1.54) is 0 Å². The lowest BCUT2D eigenvalue weighted by atomic mass is 10.2. The number of hydrogen-bond donors (Lipinski definition) is 1. The van der Waals surface area contributed by atoms with Crippen LogP contribution >= 0.6 is 0 Å². The van der Waals surface area contributed by atoms with E-state index >= 15 is 0 Å². The van der Waals surface area contributed by atoms with Crippen molar-refractivity contribution >= 4 is 5.91 Å². The minimum atomic E-state index is -0.174. The summed E-state index contributed by atoms with van der Waals surface area (Å²) in [4.78, 5) is 13.8. The number of ether oxygens (including phenoxy) is 1. The second-order valence-electron chi connectivity index (χ2n) is 3.48. The highest BCUT2D eigenvalue weighted by atomic mass is 16.5. The summed E-state index contributed by atoms with van der Waals surface area (Å²) >= 11 is 0. The molecule has 1 saturated heterocycles. The van der Waals surface area contributed by atoms with Crippen molar-refractivity contribution in [2.75, 3.05) is 32.8 Å². The third-order valence-corrected chi connectivity index (χ3v) is 2.44. The Bertz CT molecular complexity index is 247. The number of nitrogens with zero attached hydrogens (tertiary/aromatic N) is 1. The molecule has 1 heterocycles. The zero-order chi connectivity index (χ0) is 11.1. The molecule has 1 aliphatic heterocycles. The van der Waals surface area contributed by atoms with Crippen LogP contribution in [-0.4, -0.2) is 49.7 Å². The fourth-order valence-electron chi connectivity index (χ4n) is 1.65.